The zero-order valence-corrected chi connectivity index (χ0v) is 11.2. The lowest BCUT2D eigenvalue weighted by Crippen LogP contribution is -2.39. The van der Waals surface area contributed by atoms with Crippen LogP contribution < -0.4 is 15.4 Å². The molecule has 1 atom stereocenters. The summed E-state index contributed by atoms with van der Waals surface area (Å²) in [5.41, 5.74) is 1.56. The molecule has 1 unspecified atom stereocenters. The van der Waals surface area contributed by atoms with Crippen LogP contribution in [0.2, 0.25) is 0 Å². The van der Waals surface area contributed by atoms with Crippen molar-refractivity contribution in [2.24, 2.45) is 0 Å². The summed E-state index contributed by atoms with van der Waals surface area (Å²) in [5, 5.41) is 14.0. The van der Waals surface area contributed by atoms with Crippen LogP contribution >= 0.6 is 0 Å². The molecule has 0 bridgehead atoms. The molecule has 1 amide bonds. The van der Waals surface area contributed by atoms with Gasteiger partial charge in [0.1, 0.15) is 11.8 Å². The van der Waals surface area contributed by atoms with Crippen molar-refractivity contribution in [2.75, 3.05) is 19.0 Å². The molecule has 0 radical (unpaired) electrons. The van der Waals surface area contributed by atoms with Gasteiger partial charge in [-0.15, -0.1) is 0 Å². The van der Waals surface area contributed by atoms with E-state index in [-0.39, 0.29) is 12.5 Å². The molecule has 0 aliphatic rings. The van der Waals surface area contributed by atoms with Crippen molar-refractivity contribution in [3.63, 3.8) is 0 Å². The zero-order chi connectivity index (χ0) is 14.4. The second-order valence-electron chi connectivity index (χ2n) is 4.19. The standard InChI is InChI=1S/C13H18N2O4/c1-8-4-5-11(19-3)10(6-8)15-12(16)7-14-9(2)13(17)18/h4-6,9,14H,7H2,1-3H3,(H,15,16)(H,17,18). The van der Waals surface area contributed by atoms with Crippen LogP contribution in [-0.2, 0) is 9.59 Å². The molecular formula is C13H18N2O4. The monoisotopic (exact) mass is 266 g/mol. The first-order chi connectivity index (χ1) is 8.93. The van der Waals surface area contributed by atoms with E-state index < -0.39 is 12.0 Å². The van der Waals surface area contributed by atoms with Gasteiger partial charge in [-0.1, -0.05) is 6.07 Å². The Morgan fingerprint density at radius 3 is 2.68 bits per heavy atom. The Kier molecular flexibility index (Phi) is 5.32. The molecule has 1 rings (SSSR count). The third kappa shape index (κ3) is 4.59. The van der Waals surface area contributed by atoms with Gasteiger partial charge in [-0.3, -0.25) is 14.9 Å². The van der Waals surface area contributed by atoms with E-state index in [1.807, 2.05) is 13.0 Å². The molecule has 0 aliphatic heterocycles. The molecule has 0 spiro atoms. The molecule has 0 heterocycles. The van der Waals surface area contributed by atoms with Gasteiger partial charge in [0.15, 0.2) is 0 Å². The molecule has 1 aromatic rings. The fourth-order valence-electron chi connectivity index (χ4n) is 1.45. The van der Waals surface area contributed by atoms with E-state index in [0.717, 1.165) is 5.56 Å². The van der Waals surface area contributed by atoms with Gasteiger partial charge in [0.2, 0.25) is 5.91 Å². The van der Waals surface area contributed by atoms with Crippen molar-refractivity contribution in [3.05, 3.63) is 23.8 Å². The second-order valence-corrected chi connectivity index (χ2v) is 4.19. The van der Waals surface area contributed by atoms with Crippen molar-refractivity contribution < 1.29 is 19.4 Å². The number of methoxy groups -OCH3 is 1. The van der Waals surface area contributed by atoms with Gasteiger partial charge in [-0.25, -0.2) is 0 Å². The van der Waals surface area contributed by atoms with E-state index in [0.29, 0.717) is 11.4 Å². The van der Waals surface area contributed by atoms with Gasteiger partial charge < -0.3 is 15.2 Å². The number of amides is 1. The Bertz CT molecular complexity index is 474. The number of aliphatic carboxylic acids is 1. The number of ether oxygens (including phenoxy) is 1. The number of nitrogens with one attached hydrogen (secondary N) is 2. The van der Waals surface area contributed by atoms with Crippen LogP contribution in [-0.4, -0.2) is 36.7 Å². The molecule has 0 aromatic heterocycles. The van der Waals surface area contributed by atoms with Gasteiger partial charge in [0.05, 0.1) is 19.3 Å². The normalized spacial score (nSPS) is 11.7. The van der Waals surface area contributed by atoms with Crippen LogP contribution in [0.15, 0.2) is 18.2 Å². The van der Waals surface area contributed by atoms with E-state index in [1.54, 1.807) is 12.1 Å². The van der Waals surface area contributed by atoms with Gasteiger partial charge >= 0.3 is 5.97 Å². The SMILES string of the molecule is COc1ccc(C)cc1NC(=O)CNC(C)C(=O)O. The topological polar surface area (TPSA) is 87.7 Å². The molecule has 3 N–H and O–H groups in total. The highest BCUT2D eigenvalue weighted by atomic mass is 16.5. The molecule has 6 heteroatoms. The maximum Gasteiger partial charge on any atom is 0.320 e. The van der Waals surface area contributed by atoms with E-state index in [9.17, 15) is 9.59 Å². The van der Waals surface area contributed by atoms with Crippen molar-refractivity contribution >= 4 is 17.6 Å². The van der Waals surface area contributed by atoms with Crippen LogP contribution in [0.5, 0.6) is 5.75 Å². The molecular weight excluding hydrogens is 248 g/mol. The van der Waals surface area contributed by atoms with Crippen LogP contribution in [0.1, 0.15) is 12.5 Å². The lowest BCUT2D eigenvalue weighted by Gasteiger charge is -2.12. The number of rotatable bonds is 6. The third-order valence-electron chi connectivity index (χ3n) is 2.57. The summed E-state index contributed by atoms with van der Waals surface area (Å²) in [6.45, 7) is 3.30. The lowest BCUT2D eigenvalue weighted by molar-refractivity contribution is -0.139. The molecule has 0 fully saturated rings. The molecule has 19 heavy (non-hydrogen) atoms. The minimum absolute atomic E-state index is 0.0788. The highest BCUT2D eigenvalue weighted by Crippen LogP contribution is 2.24. The first-order valence-electron chi connectivity index (χ1n) is 5.84. The summed E-state index contributed by atoms with van der Waals surface area (Å²) in [5.74, 6) is -0.761. The number of hydrogen-bond donors (Lipinski definition) is 3. The summed E-state index contributed by atoms with van der Waals surface area (Å²) in [6, 6.07) is 4.65. The van der Waals surface area contributed by atoms with E-state index in [1.165, 1.54) is 14.0 Å². The number of aryl methyl sites for hydroxylation is 1. The number of carboxylic acid groups (broad SMARTS) is 1. The summed E-state index contributed by atoms with van der Waals surface area (Å²) < 4.78 is 5.14. The molecule has 6 nitrogen and oxygen atoms in total. The second kappa shape index (κ2) is 6.75. The first kappa shape index (κ1) is 15.0. The molecule has 0 aliphatic carbocycles. The molecule has 1 aromatic carbocycles. The van der Waals surface area contributed by atoms with Crippen LogP contribution in [0.3, 0.4) is 0 Å². The fraction of sp³-hybridized carbons (Fsp3) is 0.385. The number of anilines is 1. The molecule has 0 saturated carbocycles. The summed E-state index contributed by atoms with van der Waals surface area (Å²) in [7, 11) is 1.52. The lowest BCUT2D eigenvalue weighted by atomic mass is 10.2. The van der Waals surface area contributed by atoms with Gasteiger partial charge in [-0.05, 0) is 31.5 Å². The summed E-state index contributed by atoms with van der Waals surface area (Å²) in [6.07, 6.45) is 0. The zero-order valence-electron chi connectivity index (χ0n) is 11.2. The average Bonchev–Trinajstić information content (AvgIpc) is 2.36. The Morgan fingerprint density at radius 1 is 1.42 bits per heavy atom. The predicted molar refractivity (Wildman–Crippen MR) is 71.5 cm³/mol. The van der Waals surface area contributed by atoms with Crippen LogP contribution in [0, 0.1) is 6.92 Å². The number of carboxylic acids is 1. The highest BCUT2D eigenvalue weighted by Gasteiger charge is 2.13. The van der Waals surface area contributed by atoms with Crippen molar-refractivity contribution in [3.8, 4) is 5.75 Å². The van der Waals surface area contributed by atoms with E-state index in [2.05, 4.69) is 10.6 Å². The smallest absolute Gasteiger partial charge is 0.320 e. The number of carbonyl (C=O) groups excluding carboxylic acids is 1. The Labute approximate surface area is 111 Å². The quantitative estimate of drug-likeness (QED) is 0.715. The van der Waals surface area contributed by atoms with Crippen molar-refractivity contribution in [1.82, 2.24) is 5.32 Å². The maximum absolute atomic E-state index is 11.7. The fourth-order valence-corrected chi connectivity index (χ4v) is 1.45. The Balaban J connectivity index is 2.62. The van der Waals surface area contributed by atoms with Gasteiger partial charge in [0, 0.05) is 0 Å². The molecule has 0 saturated heterocycles. The summed E-state index contributed by atoms with van der Waals surface area (Å²) in [4.78, 5) is 22.3. The largest absolute Gasteiger partial charge is 0.495 e. The average molecular weight is 266 g/mol. The highest BCUT2D eigenvalue weighted by molar-refractivity contribution is 5.94. The minimum atomic E-state index is -0.999. The molecule has 104 valence electrons. The predicted octanol–water partition coefficient (Wildman–Crippen LogP) is 1.00. The van der Waals surface area contributed by atoms with Crippen LogP contribution in [0.4, 0.5) is 5.69 Å². The van der Waals surface area contributed by atoms with Crippen LogP contribution in [0.25, 0.3) is 0 Å². The van der Waals surface area contributed by atoms with E-state index >= 15 is 0 Å². The third-order valence-corrected chi connectivity index (χ3v) is 2.57. The Hall–Kier alpha value is -2.08. The number of hydrogen-bond acceptors (Lipinski definition) is 4. The minimum Gasteiger partial charge on any atom is -0.495 e. The first-order valence-corrected chi connectivity index (χ1v) is 5.84. The van der Waals surface area contributed by atoms with Crippen molar-refractivity contribution in [2.45, 2.75) is 19.9 Å². The van der Waals surface area contributed by atoms with E-state index in [4.69, 9.17) is 9.84 Å². The van der Waals surface area contributed by atoms with Gasteiger partial charge in [0.25, 0.3) is 0 Å². The maximum atomic E-state index is 11.7. The number of benzene rings is 1. The summed E-state index contributed by atoms with van der Waals surface area (Å²) >= 11 is 0. The van der Waals surface area contributed by atoms with Crippen molar-refractivity contribution in [1.29, 1.82) is 0 Å². The van der Waals surface area contributed by atoms with Gasteiger partial charge in [-0.2, -0.15) is 0 Å². The Morgan fingerprint density at radius 2 is 2.11 bits per heavy atom. The number of carbonyl (C=O) groups is 2.